The topological polar surface area (TPSA) is 58.9 Å². The lowest BCUT2D eigenvalue weighted by molar-refractivity contribution is 0.0325. The minimum Gasteiger partial charge on any atom is -0.497 e. The smallest absolute Gasteiger partial charge is 0.118 e. The average Bonchev–Trinajstić information content (AvgIpc) is 2.58. The number of allylic oxidation sites excluding steroid dienone is 2. The van der Waals surface area contributed by atoms with Crippen molar-refractivity contribution in [2.45, 2.75) is 39.9 Å². The van der Waals surface area contributed by atoms with Crippen molar-refractivity contribution < 1.29 is 19.7 Å². The van der Waals surface area contributed by atoms with Gasteiger partial charge in [0.2, 0.25) is 0 Å². The maximum atomic E-state index is 9.63. The summed E-state index contributed by atoms with van der Waals surface area (Å²) in [5.41, 5.74) is 1.07. The number of benzene rings is 1. The van der Waals surface area contributed by atoms with Crippen LogP contribution in [0.3, 0.4) is 0 Å². The predicted octanol–water partition coefficient (Wildman–Crippen LogP) is 3.17. The second-order valence-electron chi connectivity index (χ2n) is 5.08. The zero-order valence-corrected chi connectivity index (χ0v) is 14.2. The van der Waals surface area contributed by atoms with Crippen LogP contribution in [0.15, 0.2) is 36.4 Å². The molecule has 1 aromatic carbocycles. The Morgan fingerprint density at radius 2 is 1.73 bits per heavy atom. The molecule has 0 saturated heterocycles. The lowest BCUT2D eigenvalue weighted by atomic mass is 10.0. The summed E-state index contributed by atoms with van der Waals surface area (Å²) < 4.78 is 10.5. The van der Waals surface area contributed by atoms with E-state index in [1.54, 1.807) is 7.11 Å². The summed E-state index contributed by atoms with van der Waals surface area (Å²) in [6.45, 7) is 6.82. The quantitative estimate of drug-likeness (QED) is 0.572. The summed E-state index contributed by atoms with van der Waals surface area (Å²) in [5, 5.41) is 18.5. The molecule has 0 saturated carbocycles. The van der Waals surface area contributed by atoms with E-state index in [9.17, 15) is 5.11 Å². The third-order valence-electron chi connectivity index (χ3n) is 3.26. The maximum Gasteiger partial charge on any atom is 0.118 e. The van der Waals surface area contributed by atoms with Crippen molar-refractivity contribution in [3.63, 3.8) is 0 Å². The van der Waals surface area contributed by atoms with Crippen LogP contribution in [0.25, 0.3) is 0 Å². The molecule has 0 amide bonds. The molecule has 0 aliphatic heterocycles. The number of ether oxygens (including phenoxy) is 2. The zero-order valence-electron chi connectivity index (χ0n) is 14.2. The van der Waals surface area contributed by atoms with E-state index in [2.05, 4.69) is 0 Å². The van der Waals surface area contributed by atoms with E-state index in [1.807, 2.05) is 57.2 Å². The van der Waals surface area contributed by atoms with Gasteiger partial charge in [-0.2, -0.15) is 0 Å². The van der Waals surface area contributed by atoms with Crippen molar-refractivity contribution in [2.75, 3.05) is 20.3 Å². The Labute approximate surface area is 134 Å². The molecule has 2 N–H and O–H groups in total. The standard InChI is InChI=1S/C14H22O4.C4H8/c1-11(9-15)14(16)7-8-18-10-12-3-5-13(17-2)6-4-12;1-3-4-2/h3-6,11,14-16H,7-10H2,1-2H3;3-4H,1-2H3/b;4-3+. The number of aliphatic hydroxyl groups is 2. The van der Waals surface area contributed by atoms with Gasteiger partial charge in [0, 0.05) is 19.1 Å². The molecule has 0 spiro atoms. The summed E-state index contributed by atoms with van der Waals surface area (Å²) in [7, 11) is 1.63. The fourth-order valence-electron chi connectivity index (χ4n) is 1.52. The van der Waals surface area contributed by atoms with Crippen molar-refractivity contribution in [3.8, 4) is 5.75 Å². The van der Waals surface area contributed by atoms with E-state index < -0.39 is 6.10 Å². The SMILES string of the molecule is C/C=C/C.COc1ccc(COCCC(O)C(C)CO)cc1. The largest absolute Gasteiger partial charge is 0.497 e. The number of aliphatic hydroxyl groups excluding tert-OH is 2. The first-order valence-corrected chi connectivity index (χ1v) is 7.65. The van der Waals surface area contributed by atoms with Crippen LogP contribution in [0.4, 0.5) is 0 Å². The molecular weight excluding hydrogens is 280 g/mol. The van der Waals surface area contributed by atoms with Gasteiger partial charge in [0.05, 0.1) is 19.8 Å². The summed E-state index contributed by atoms with van der Waals surface area (Å²) in [6, 6.07) is 7.68. The molecule has 1 aromatic rings. The van der Waals surface area contributed by atoms with Crippen LogP contribution in [0.2, 0.25) is 0 Å². The molecule has 0 aliphatic carbocycles. The normalized spacial score (nSPS) is 13.4. The van der Waals surface area contributed by atoms with E-state index in [1.165, 1.54) is 0 Å². The van der Waals surface area contributed by atoms with Gasteiger partial charge < -0.3 is 19.7 Å². The van der Waals surface area contributed by atoms with Gasteiger partial charge in [0.15, 0.2) is 0 Å². The highest BCUT2D eigenvalue weighted by Crippen LogP contribution is 2.12. The Morgan fingerprint density at radius 1 is 1.14 bits per heavy atom. The van der Waals surface area contributed by atoms with Gasteiger partial charge in [-0.15, -0.1) is 0 Å². The monoisotopic (exact) mass is 310 g/mol. The second-order valence-corrected chi connectivity index (χ2v) is 5.08. The second kappa shape index (κ2) is 13.3. The first kappa shape index (κ1) is 20.6. The molecule has 1 rings (SSSR count). The number of hydrogen-bond acceptors (Lipinski definition) is 4. The Morgan fingerprint density at radius 3 is 2.18 bits per heavy atom. The molecule has 22 heavy (non-hydrogen) atoms. The molecule has 0 radical (unpaired) electrons. The molecule has 4 heteroatoms. The maximum absolute atomic E-state index is 9.63. The molecule has 0 bridgehead atoms. The van der Waals surface area contributed by atoms with Gasteiger partial charge >= 0.3 is 0 Å². The van der Waals surface area contributed by atoms with Gasteiger partial charge in [-0.25, -0.2) is 0 Å². The summed E-state index contributed by atoms with van der Waals surface area (Å²) in [5.74, 6) is 0.723. The van der Waals surface area contributed by atoms with Crippen molar-refractivity contribution in [1.82, 2.24) is 0 Å². The molecule has 0 heterocycles. The molecule has 126 valence electrons. The van der Waals surface area contributed by atoms with Crippen LogP contribution in [-0.4, -0.2) is 36.6 Å². The molecule has 0 aromatic heterocycles. The van der Waals surface area contributed by atoms with Gasteiger partial charge in [-0.05, 0) is 38.0 Å². The third kappa shape index (κ3) is 9.55. The van der Waals surface area contributed by atoms with E-state index >= 15 is 0 Å². The molecule has 0 aliphatic rings. The van der Waals surface area contributed by atoms with E-state index in [0.717, 1.165) is 11.3 Å². The van der Waals surface area contributed by atoms with Crippen molar-refractivity contribution in [2.24, 2.45) is 5.92 Å². The molecule has 0 fully saturated rings. The zero-order chi connectivity index (χ0) is 16.8. The highest BCUT2D eigenvalue weighted by Gasteiger charge is 2.12. The van der Waals surface area contributed by atoms with Crippen LogP contribution in [0, 0.1) is 5.92 Å². The Balaban J connectivity index is 0.000000980. The Kier molecular flexibility index (Phi) is 12.5. The predicted molar refractivity (Wildman–Crippen MR) is 90.0 cm³/mol. The van der Waals surface area contributed by atoms with Crippen molar-refractivity contribution in [3.05, 3.63) is 42.0 Å². The van der Waals surface area contributed by atoms with Crippen LogP contribution < -0.4 is 4.74 Å². The van der Waals surface area contributed by atoms with Crippen molar-refractivity contribution in [1.29, 1.82) is 0 Å². The first-order chi connectivity index (χ1) is 10.6. The molecule has 2 unspecified atom stereocenters. The minimum atomic E-state index is -0.508. The average molecular weight is 310 g/mol. The van der Waals surface area contributed by atoms with E-state index in [0.29, 0.717) is 19.6 Å². The van der Waals surface area contributed by atoms with Crippen LogP contribution >= 0.6 is 0 Å². The van der Waals surface area contributed by atoms with Gasteiger partial charge in [0.25, 0.3) is 0 Å². The lowest BCUT2D eigenvalue weighted by Gasteiger charge is -2.16. The van der Waals surface area contributed by atoms with Crippen LogP contribution in [0.5, 0.6) is 5.75 Å². The van der Waals surface area contributed by atoms with E-state index in [4.69, 9.17) is 14.6 Å². The van der Waals surface area contributed by atoms with Gasteiger partial charge in [-0.1, -0.05) is 31.2 Å². The fourth-order valence-corrected chi connectivity index (χ4v) is 1.52. The molecular formula is C18H30O4. The third-order valence-corrected chi connectivity index (χ3v) is 3.26. The molecule has 2 atom stereocenters. The fraction of sp³-hybridized carbons (Fsp3) is 0.556. The van der Waals surface area contributed by atoms with Crippen LogP contribution in [-0.2, 0) is 11.3 Å². The summed E-state index contributed by atoms with van der Waals surface area (Å²) in [6.07, 6.45) is 4.03. The first-order valence-electron chi connectivity index (χ1n) is 7.65. The summed E-state index contributed by atoms with van der Waals surface area (Å²) >= 11 is 0. The summed E-state index contributed by atoms with van der Waals surface area (Å²) in [4.78, 5) is 0. The van der Waals surface area contributed by atoms with E-state index in [-0.39, 0.29) is 12.5 Å². The highest BCUT2D eigenvalue weighted by atomic mass is 16.5. The Hall–Kier alpha value is -1.36. The van der Waals surface area contributed by atoms with Gasteiger partial charge in [0.1, 0.15) is 5.75 Å². The number of rotatable bonds is 8. The number of methoxy groups -OCH3 is 1. The Bertz CT molecular complexity index is 383. The number of hydrogen-bond donors (Lipinski definition) is 2. The lowest BCUT2D eigenvalue weighted by Crippen LogP contribution is -2.22. The highest BCUT2D eigenvalue weighted by molar-refractivity contribution is 5.26. The van der Waals surface area contributed by atoms with Crippen molar-refractivity contribution >= 4 is 0 Å². The molecule has 4 nitrogen and oxygen atoms in total. The van der Waals surface area contributed by atoms with Crippen LogP contribution in [0.1, 0.15) is 32.8 Å². The van der Waals surface area contributed by atoms with Gasteiger partial charge in [-0.3, -0.25) is 0 Å². The minimum absolute atomic E-state index is 0.000351.